The molecule has 220 valence electrons. The van der Waals surface area contributed by atoms with Gasteiger partial charge >= 0.3 is 0 Å². The second-order valence-corrected chi connectivity index (χ2v) is 11.7. The van der Waals surface area contributed by atoms with Crippen molar-refractivity contribution in [2.75, 3.05) is 31.3 Å². The second-order valence-electron chi connectivity index (χ2n) is 9.84. The number of amides is 2. The van der Waals surface area contributed by atoms with E-state index < -0.39 is 28.5 Å². The van der Waals surface area contributed by atoms with E-state index in [1.165, 1.54) is 25.2 Å². The van der Waals surface area contributed by atoms with Crippen LogP contribution in [0.15, 0.2) is 78.9 Å². The molecule has 41 heavy (non-hydrogen) atoms. The molecule has 2 atom stereocenters. The number of carbonyl (C=O) groups is 2. The Morgan fingerprint density at radius 3 is 2.05 bits per heavy atom. The number of carbonyl (C=O) groups excluding carboxylic acids is 2. The first-order valence-corrected chi connectivity index (χ1v) is 15.3. The molecule has 0 aliphatic carbocycles. The van der Waals surface area contributed by atoms with E-state index in [9.17, 15) is 18.0 Å². The molecule has 2 amide bonds. The van der Waals surface area contributed by atoms with Crippen LogP contribution in [0, 0.1) is 0 Å². The molecule has 0 bridgehead atoms. The third-order valence-corrected chi connectivity index (χ3v) is 7.93. The molecule has 1 N–H and O–H groups in total. The lowest BCUT2D eigenvalue weighted by atomic mass is 10.0. The molecule has 0 spiro atoms. The highest BCUT2D eigenvalue weighted by Crippen LogP contribution is 2.34. The van der Waals surface area contributed by atoms with Crippen molar-refractivity contribution in [1.82, 2.24) is 10.2 Å². The molecular formula is C31H39N3O6S. The van der Waals surface area contributed by atoms with Gasteiger partial charge in [-0.25, -0.2) is 8.42 Å². The first-order chi connectivity index (χ1) is 19.6. The van der Waals surface area contributed by atoms with Crippen molar-refractivity contribution in [3.8, 4) is 11.5 Å². The predicted molar refractivity (Wildman–Crippen MR) is 161 cm³/mol. The highest BCUT2D eigenvalue weighted by atomic mass is 32.2. The maximum atomic E-state index is 14.2. The van der Waals surface area contributed by atoms with E-state index in [0.29, 0.717) is 12.2 Å². The van der Waals surface area contributed by atoms with Gasteiger partial charge in [0.05, 0.1) is 26.2 Å². The van der Waals surface area contributed by atoms with Gasteiger partial charge in [0.2, 0.25) is 21.8 Å². The van der Waals surface area contributed by atoms with E-state index in [1.54, 1.807) is 12.1 Å². The molecule has 3 rings (SSSR count). The molecule has 0 saturated heterocycles. The van der Waals surface area contributed by atoms with Crippen LogP contribution in [0.4, 0.5) is 5.69 Å². The topological polar surface area (TPSA) is 105 Å². The quantitative estimate of drug-likeness (QED) is 0.308. The zero-order chi connectivity index (χ0) is 30.0. The number of sulfonamides is 1. The van der Waals surface area contributed by atoms with Gasteiger partial charge in [0.25, 0.3) is 0 Å². The summed E-state index contributed by atoms with van der Waals surface area (Å²) in [7, 11) is -1.07. The zero-order valence-electron chi connectivity index (χ0n) is 24.2. The van der Waals surface area contributed by atoms with Crippen LogP contribution in [0.5, 0.6) is 11.5 Å². The van der Waals surface area contributed by atoms with Gasteiger partial charge in [-0.15, -0.1) is 0 Å². The smallest absolute Gasteiger partial charge is 0.244 e. The van der Waals surface area contributed by atoms with E-state index in [-0.39, 0.29) is 36.4 Å². The lowest BCUT2D eigenvalue weighted by Gasteiger charge is -2.34. The minimum atomic E-state index is -3.96. The van der Waals surface area contributed by atoms with E-state index in [1.807, 2.05) is 74.5 Å². The highest BCUT2D eigenvalue weighted by Gasteiger charge is 2.34. The third kappa shape index (κ3) is 8.72. The molecule has 9 nitrogen and oxygen atoms in total. The minimum Gasteiger partial charge on any atom is -0.497 e. The number of benzene rings is 3. The number of methoxy groups -OCH3 is 2. The molecule has 0 aliphatic rings. The number of hydrogen-bond donors (Lipinski definition) is 1. The molecule has 3 aromatic rings. The number of nitrogens with one attached hydrogen (secondary N) is 1. The van der Waals surface area contributed by atoms with Gasteiger partial charge in [-0.2, -0.15) is 0 Å². The van der Waals surface area contributed by atoms with Crippen molar-refractivity contribution in [1.29, 1.82) is 0 Å². The molecule has 0 unspecified atom stereocenters. The van der Waals surface area contributed by atoms with E-state index in [2.05, 4.69) is 5.32 Å². The van der Waals surface area contributed by atoms with Crippen LogP contribution in [-0.2, 0) is 32.6 Å². The monoisotopic (exact) mass is 581 g/mol. The maximum Gasteiger partial charge on any atom is 0.244 e. The lowest BCUT2D eigenvalue weighted by molar-refractivity contribution is -0.140. The Morgan fingerprint density at radius 2 is 1.51 bits per heavy atom. The van der Waals surface area contributed by atoms with Crippen molar-refractivity contribution in [3.05, 3.63) is 90.0 Å². The van der Waals surface area contributed by atoms with Crippen LogP contribution in [-0.4, -0.2) is 64.2 Å². The van der Waals surface area contributed by atoms with E-state index >= 15 is 0 Å². The first kappa shape index (κ1) is 31.5. The summed E-state index contributed by atoms with van der Waals surface area (Å²) in [6.07, 6.45) is 1.99. The molecule has 0 saturated carbocycles. The van der Waals surface area contributed by atoms with Crippen molar-refractivity contribution in [3.63, 3.8) is 0 Å². The number of rotatable bonds is 14. The maximum absolute atomic E-state index is 14.2. The van der Waals surface area contributed by atoms with Crippen molar-refractivity contribution in [2.24, 2.45) is 0 Å². The molecule has 0 fully saturated rings. The fraction of sp³-hybridized carbons (Fsp3) is 0.355. The Morgan fingerprint density at radius 1 is 0.902 bits per heavy atom. The summed E-state index contributed by atoms with van der Waals surface area (Å²) in [6.45, 7) is 3.44. The van der Waals surface area contributed by atoms with Crippen molar-refractivity contribution >= 4 is 27.5 Å². The Balaban J connectivity index is 2.09. The average molecular weight is 582 g/mol. The van der Waals surface area contributed by atoms with Gasteiger partial charge in [0.1, 0.15) is 24.1 Å². The van der Waals surface area contributed by atoms with Crippen LogP contribution in [0.3, 0.4) is 0 Å². The second kappa shape index (κ2) is 14.5. The average Bonchev–Trinajstić information content (AvgIpc) is 2.97. The fourth-order valence-corrected chi connectivity index (χ4v) is 5.21. The minimum absolute atomic E-state index is 0.108. The fourth-order valence-electron chi connectivity index (χ4n) is 4.36. The van der Waals surface area contributed by atoms with Gasteiger partial charge < -0.3 is 19.7 Å². The predicted octanol–water partition coefficient (Wildman–Crippen LogP) is 4.02. The van der Waals surface area contributed by atoms with Crippen LogP contribution < -0.4 is 19.1 Å². The molecule has 3 aromatic carbocycles. The summed E-state index contributed by atoms with van der Waals surface area (Å²) >= 11 is 0. The Bertz CT molecular complexity index is 1400. The number of ether oxygens (including phenoxy) is 2. The summed E-state index contributed by atoms with van der Waals surface area (Å²) in [5.74, 6) is -0.186. The van der Waals surface area contributed by atoms with Crippen LogP contribution in [0.2, 0.25) is 0 Å². The molecular weight excluding hydrogens is 542 g/mol. The van der Waals surface area contributed by atoms with Crippen LogP contribution in [0.25, 0.3) is 0 Å². The molecule has 0 heterocycles. The highest BCUT2D eigenvalue weighted by molar-refractivity contribution is 7.92. The van der Waals surface area contributed by atoms with Gasteiger partial charge in [0, 0.05) is 25.1 Å². The number of hydrogen-bond acceptors (Lipinski definition) is 6. The molecule has 0 aromatic heterocycles. The number of anilines is 1. The Kier molecular flexibility index (Phi) is 11.2. The Labute approximate surface area is 243 Å². The summed E-state index contributed by atoms with van der Waals surface area (Å²) in [6, 6.07) is 22.5. The van der Waals surface area contributed by atoms with E-state index in [0.717, 1.165) is 21.7 Å². The standard InChI is InChI=1S/C31H39N3O6S/c1-6-23(2)32-31(36)28(19-24-13-9-7-10-14-24)33(21-25-15-11-8-12-16-25)30(35)22-34(41(5,37)38)27-20-26(39-3)17-18-29(27)40-4/h7-18,20,23,28H,6,19,21-22H2,1-5H3,(H,32,36)/t23-,28-/m0/s1. The summed E-state index contributed by atoms with van der Waals surface area (Å²) in [5.41, 5.74) is 1.84. The molecule has 0 radical (unpaired) electrons. The first-order valence-electron chi connectivity index (χ1n) is 13.4. The van der Waals surface area contributed by atoms with Crippen molar-refractivity contribution in [2.45, 2.75) is 45.3 Å². The summed E-state index contributed by atoms with van der Waals surface area (Å²) < 4.78 is 37.9. The van der Waals surface area contributed by atoms with Gasteiger partial charge in [0.15, 0.2) is 0 Å². The molecule has 0 aliphatic heterocycles. The third-order valence-electron chi connectivity index (χ3n) is 6.80. The normalized spacial score (nSPS) is 12.6. The van der Waals surface area contributed by atoms with Gasteiger partial charge in [-0.3, -0.25) is 13.9 Å². The summed E-state index contributed by atoms with van der Waals surface area (Å²) in [4.78, 5) is 29.4. The largest absolute Gasteiger partial charge is 0.497 e. The SMILES string of the molecule is CC[C@H](C)NC(=O)[C@H](Cc1ccccc1)N(Cc1ccccc1)C(=O)CN(c1cc(OC)ccc1OC)S(C)(=O)=O. The van der Waals surface area contributed by atoms with Gasteiger partial charge in [-0.1, -0.05) is 67.6 Å². The number of nitrogens with zero attached hydrogens (tertiary/aromatic N) is 2. The van der Waals surface area contributed by atoms with Crippen molar-refractivity contribution < 1.29 is 27.5 Å². The van der Waals surface area contributed by atoms with E-state index in [4.69, 9.17) is 9.47 Å². The molecule has 10 heteroatoms. The van der Waals surface area contributed by atoms with Gasteiger partial charge in [-0.05, 0) is 36.6 Å². The Hall–Kier alpha value is -4.05. The van der Waals surface area contributed by atoms with Crippen LogP contribution >= 0.6 is 0 Å². The summed E-state index contributed by atoms with van der Waals surface area (Å²) in [5, 5.41) is 3.02. The zero-order valence-corrected chi connectivity index (χ0v) is 25.1. The lowest BCUT2D eigenvalue weighted by Crippen LogP contribution is -2.54. The van der Waals surface area contributed by atoms with Crippen LogP contribution in [0.1, 0.15) is 31.4 Å².